The third-order valence-electron chi connectivity index (χ3n) is 2.66. The number of pyridine rings is 1. The number of fused-ring (bicyclic) bond motifs is 1. The Morgan fingerprint density at radius 2 is 2.11 bits per heavy atom. The monoisotopic (exact) mass is 271 g/mol. The van der Waals surface area contributed by atoms with Gasteiger partial charge in [-0.25, -0.2) is 9.37 Å². The maximum absolute atomic E-state index is 13.2. The zero-order chi connectivity index (χ0) is 13.2. The molecule has 0 saturated heterocycles. The van der Waals surface area contributed by atoms with Crippen molar-refractivity contribution in [2.75, 3.05) is 0 Å². The molecule has 0 aliphatic heterocycles. The van der Waals surface area contributed by atoms with Crippen LogP contribution in [0.3, 0.4) is 0 Å². The first-order chi connectivity index (χ1) is 9.24. The van der Waals surface area contributed by atoms with E-state index in [-0.39, 0.29) is 5.82 Å². The van der Waals surface area contributed by atoms with Crippen molar-refractivity contribution in [1.29, 1.82) is 0 Å². The number of thioether (sulfide) groups is 1. The fraction of sp³-hybridized carbons (Fsp3) is 0. The first-order valence-electron chi connectivity index (χ1n) is 5.65. The quantitative estimate of drug-likeness (QED) is 0.735. The van der Waals surface area contributed by atoms with E-state index in [9.17, 15) is 4.39 Å². The summed E-state index contributed by atoms with van der Waals surface area (Å²) in [6.45, 7) is 3.99. The standard InChI is InChI=1S/C14H10FN3S/c1-9(14-17-6-7-18-14)19-13-4-5-16-12-8-10(15)2-3-11(12)13/h2-8H,1H2,(H,17,18). The predicted molar refractivity (Wildman–Crippen MR) is 75.2 cm³/mol. The maximum Gasteiger partial charge on any atom is 0.143 e. The Kier molecular flexibility index (Phi) is 3.05. The van der Waals surface area contributed by atoms with Crippen molar-refractivity contribution in [3.8, 4) is 0 Å². The smallest absolute Gasteiger partial charge is 0.143 e. The molecule has 94 valence electrons. The van der Waals surface area contributed by atoms with Gasteiger partial charge in [0.15, 0.2) is 0 Å². The fourth-order valence-electron chi connectivity index (χ4n) is 1.78. The van der Waals surface area contributed by atoms with E-state index in [1.165, 1.54) is 23.9 Å². The number of nitrogens with zero attached hydrogens (tertiary/aromatic N) is 2. The van der Waals surface area contributed by atoms with E-state index in [1.54, 1.807) is 24.7 Å². The van der Waals surface area contributed by atoms with Crippen molar-refractivity contribution in [3.05, 3.63) is 61.1 Å². The summed E-state index contributed by atoms with van der Waals surface area (Å²) in [4.78, 5) is 13.1. The van der Waals surface area contributed by atoms with Gasteiger partial charge in [-0.3, -0.25) is 4.98 Å². The molecular formula is C14H10FN3S. The number of aromatic amines is 1. The molecule has 3 rings (SSSR count). The summed E-state index contributed by atoms with van der Waals surface area (Å²) in [5.41, 5.74) is 0.636. The Hall–Kier alpha value is -2.14. The van der Waals surface area contributed by atoms with Gasteiger partial charge in [0.1, 0.15) is 11.6 Å². The molecule has 3 nitrogen and oxygen atoms in total. The third kappa shape index (κ3) is 2.37. The Labute approximate surface area is 113 Å². The zero-order valence-corrected chi connectivity index (χ0v) is 10.7. The molecule has 5 heteroatoms. The first-order valence-corrected chi connectivity index (χ1v) is 6.46. The highest BCUT2D eigenvalue weighted by Gasteiger charge is 2.08. The number of benzene rings is 1. The maximum atomic E-state index is 13.2. The Morgan fingerprint density at radius 1 is 1.21 bits per heavy atom. The zero-order valence-electron chi connectivity index (χ0n) is 9.93. The summed E-state index contributed by atoms with van der Waals surface area (Å²) in [6, 6.07) is 6.48. The van der Waals surface area contributed by atoms with Gasteiger partial charge in [-0.05, 0) is 18.2 Å². The molecule has 0 fully saturated rings. The van der Waals surface area contributed by atoms with Gasteiger partial charge < -0.3 is 4.98 Å². The number of halogens is 1. The topological polar surface area (TPSA) is 41.6 Å². The lowest BCUT2D eigenvalue weighted by Gasteiger charge is -2.06. The van der Waals surface area contributed by atoms with E-state index in [0.717, 1.165) is 21.0 Å². The lowest BCUT2D eigenvalue weighted by atomic mass is 10.2. The predicted octanol–water partition coefficient (Wildman–Crippen LogP) is 3.86. The van der Waals surface area contributed by atoms with Crippen LogP contribution >= 0.6 is 11.8 Å². The molecule has 0 bridgehead atoms. The van der Waals surface area contributed by atoms with E-state index in [0.29, 0.717) is 5.52 Å². The van der Waals surface area contributed by atoms with Crippen LogP contribution in [0.1, 0.15) is 5.82 Å². The van der Waals surface area contributed by atoms with Crippen LogP contribution in [-0.2, 0) is 0 Å². The summed E-state index contributed by atoms with van der Waals surface area (Å²) in [6.07, 6.45) is 5.10. The second kappa shape index (κ2) is 4.85. The van der Waals surface area contributed by atoms with E-state index in [1.807, 2.05) is 6.07 Å². The highest BCUT2D eigenvalue weighted by Crippen LogP contribution is 2.35. The van der Waals surface area contributed by atoms with E-state index in [4.69, 9.17) is 0 Å². The number of nitrogens with one attached hydrogen (secondary N) is 1. The van der Waals surface area contributed by atoms with Crippen LogP contribution in [0.25, 0.3) is 15.8 Å². The molecule has 19 heavy (non-hydrogen) atoms. The first kappa shape index (κ1) is 11.9. The summed E-state index contributed by atoms with van der Waals surface area (Å²) < 4.78 is 13.2. The highest BCUT2D eigenvalue weighted by molar-refractivity contribution is 8.08. The molecule has 1 aromatic carbocycles. The van der Waals surface area contributed by atoms with E-state index >= 15 is 0 Å². The van der Waals surface area contributed by atoms with Crippen LogP contribution in [0, 0.1) is 5.82 Å². The second-order valence-corrected chi connectivity index (χ2v) is 5.07. The van der Waals surface area contributed by atoms with Crippen LogP contribution < -0.4 is 0 Å². The van der Waals surface area contributed by atoms with Crippen molar-refractivity contribution < 1.29 is 4.39 Å². The summed E-state index contributed by atoms with van der Waals surface area (Å²) in [5, 5.41) is 0.904. The molecule has 0 atom stereocenters. The Morgan fingerprint density at radius 3 is 2.89 bits per heavy atom. The van der Waals surface area contributed by atoms with Crippen molar-refractivity contribution >= 4 is 27.6 Å². The number of aromatic nitrogens is 3. The minimum Gasteiger partial charge on any atom is -0.344 e. The summed E-state index contributed by atoms with van der Waals surface area (Å²) in [5.74, 6) is 0.448. The number of hydrogen-bond donors (Lipinski definition) is 1. The molecule has 0 saturated carbocycles. The number of rotatable bonds is 3. The number of H-pyrrole nitrogens is 1. The van der Waals surface area contributed by atoms with Crippen molar-refractivity contribution in [2.24, 2.45) is 0 Å². The van der Waals surface area contributed by atoms with Crippen molar-refractivity contribution in [3.63, 3.8) is 0 Å². The average Bonchev–Trinajstić information content (AvgIpc) is 2.92. The van der Waals surface area contributed by atoms with E-state index < -0.39 is 0 Å². The minimum atomic E-state index is -0.285. The van der Waals surface area contributed by atoms with Gasteiger partial charge in [0.05, 0.1) is 5.52 Å². The molecule has 2 aromatic heterocycles. The summed E-state index contributed by atoms with van der Waals surface area (Å²) >= 11 is 1.49. The lowest BCUT2D eigenvalue weighted by Crippen LogP contribution is -1.86. The molecular weight excluding hydrogens is 261 g/mol. The van der Waals surface area contributed by atoms with Crippen molar-refractivity contribution in [2.45, 2.75) is 4.90 Å². The van der Waals surface area contributed by atoms with Crippen LogP contribution in [0.4, 0.5) is 4.39 Å². The lowest BCUT2D eigenvalue weighted by molar-refractivity contribution is 0.629. The van der Waals surface area contributed by atoms with Crippen molar-refractivity contribution in [1.82, 2.24) is 15.0 Å². The minimum absolute atomic E-state index is 0.285. The summed E-state index contributed by atoms with van der Waals surface area (Å²) in [7, 11) is 0. The number of hydrogen-bond acceptors (Lipinski definition) is 3. The second-order valence-electron chi connectivity index (χ2n) is 3.93. The van der Waals surface area contributed by atoms with Gasteiger partial charge in [0.25, 0.3) is 0 Å². The molecule has 0 amide bonds. The van der Waals surface area contributed by atoms with Crippen LogP contribution in [-0.4, -0.2) is 15.0 Å². The Balaban J connectivity index is 1.99. The highest BCUT2D eigenvalue weighted by atomic mass is 32.2. The molecule has 3 aromatic rings. The molecule has 0 aliphatic rings. The molecule has 0 spiro atoms. The molecule has 0 radical (unpaired) electrons. The van der Waals surface area contributed by atoms with Gasteiger partial charge in [-0.15, -0.1) is 0 Å². The third-order valence-corrected chi connectivity index (χ3v) is 3.68. The number of imidazole rings is 1. The van der Waals surface area contributed by atoms with E-state index in [2.05, 4.69) is 21.5 Å². The molecule has 2 heterocycles. The normalized spacial score (nSPS) is 10.8. The molecule has 0 unspecified atom stereocenters. The molecule has 1 N–H and O–H groups in total. The SMILES string of the molecule is C=C(Sc1ccnc2cc(F)ccc12)c1ncc[nH]1. The van der Waals surface area contributed by atoms with Gasteiger partial charge >= 0.3 is 0 Å². The Bertz CT molecular complexity index is 738. The molecule has 0 aliphatic carbocycles. The van der Waals surface area contributed by atoms with Crippen LogP contribution in [0.15, 0.2) is 54.3 Å². The van der Waals surface area contributed by atoms with Crippen LogP contribution in [0.5, 0.6) is 0 Å². The van der Waals surface area contributed by atoms with Gasteiger partial charge in [0.2, 0.25) is 0 Å². The van der Waals surface area contributed by atoms with Gasteiger partial charge in [0, 0.05) is 39.8 Å². The van der Waals surface area contributed by atoms with Gasteiger partial charge in [-0.1, -0.05) is 18.3 Å². The van der Waals surface area contributed by atoms with Gasteiger partial charge in [-0.2, -0.15) is 0 Å². The average molecular weight is 271 g/mol. The largest absolute Gasteiger partial charge is 0.344 e. The van der Waals surface area contributed by atoms with Crippen LogP contribution in [0.2, 0.25) is 0 Å². The fourth-order valence-corrected chi connectivity index (χ4v) is 2.67.